The number of nitrogen functional groups attached to an aromatic ring is 1. The average molecular weight is 527 g/mol. The Morgan fingerprint density at radius 3 is 2.85 bits per heavy atom. The molecule has 2 aromatic heterocycles. The second kappa shape index (κ2) is 9.94. The molecule has 1 saturated heterocycles. The van der Waals surface area contributed by atoms with Gasteiger partial charge in [-0.3, -0.25) is 14.5 Å². The van der Waals surface area contributed by atoms with Crippen molar-refractivity contribution in [2.24, 2.45) is 12.2 Å². The molecule has 0 spiro atoms. The third-order valence-electron chi connectivity index (χ3n) is 4.65. The van der Waals surface area contributed by atoms with Gasteiger partial charge in [-0.2, -0.15) is 9.36 Å². The number of aromatic nitrogens is 6. The van der Waals surface area contributed by atoms with E-state index in [2.05, 4.69) is 35.4 Å². The number of oxime groups is 1. The third kappa shape index (κ3) is 4.55. The van der Waals surface area contributed by atoms with Crippen molar-refractivity contribution in [3.63, 3.8) is 0 Å². The normalized spacial score (nSPS) is 20.1. The number of hydrogen-bond acceptors (Lipinski definition) is 14. The summed E-state index contributed by atoms with van der Waals surface area (Å²) in [5.41, 5.74) is 5.82. The molecule has 2 aliphatic heterocycles. The van der Waals surface area contributed by atoms with Crippen LogP contribution in [-0.2, 0) is 26.3 Å². The molecule has 4 rings (SSSR count). The Balaban J connectivity index is 1.49. The van der Waals surface area contributed by atoms with Crippen molar-refractivity contribution >= 4 is 63.7 Å². The Morgan fingerprint density at radius 2 is 2.24 bits per heavy atom. The number of carbonyl (C=O) groups excluding carboxylic acids is 2. The standard InChI is InChI=1S/C16H18N10O5S3/c1-3-31-21-7(10-19-15(17)34-22-10)11(27)18-8-12(28)26-9(14(29)30)6(4-32-13(8)26)5-33-16-20-23-24-25(16)2/h8,13H,3-5H2,1-2H3,(H,18,27)(H,29,30)(H2,17,19,22)/t8?,13-/m0/s1. The van der Waals surface area contributed by atoms with E-state index >= 15 is 0 Å². The molecule has 0 aromatic carbocycles. The molecule has 1 fully saturated rings. The highest BCUT2D eigenvalue weighted by Gasteiger charge is 2.54. The Morgan fingerprint density at radius 1 is 1.44 bits per heavy atom. The number of β-lactam (4-membered cyclic amide) rings is 1. The first-order valence-corrected chi connectivity index (χ1v) is 12.5. The van der Waals surface area contributed by atoms with E-state index in [1.54, 1.807) is 14.0 Å². The molecule has 15 nitrogen and oxygen atoms in total. The lowest BCUT2D eigenvalue weighted by Crippen LogP contribution is -2.71. The van der Waals surface area contributed by atoms with E-state index in [0.29, 0.717) is 22.2 Å². The number of thioether (sulfide) groups is 2. The number of nitrogens with two attached hydrogens (primary N) is 1. The van der Waals surface area contributed by atoms with Crippen molar-refractivity contribution < 1.29 is 24.3 Å². The quantitative estimate of drug-likeness (QED) is 0.154. The second-order valence-electron chi connectivity index (χ2n) is 6.81. The summed E-state index contributed by atoms with van der Waals surface area (Å²) < 4.78 is 5.43. The predicted molar refractivity (Wildman–Crippen MR) is 122 cm³/mol. The minimum absolute atomic E-state index is 0.0305. The molecule has 18 heteroatoms. The summed E-state index contributed by atoms with van der Waals surface area (Å²) >= 11 is 3.49. The number of nitrogens with zero attached hydrogens (tertiary/aromatic N) is 8. The van der Waals surface area contributed by atoms with Crippen molar-refractivity contribution in [1.82, 2.24) is 39.8 Å². The van der Waals surface area contributed by atoms with Crippen LogP contribution in [-0.4, -0.2) is 92.6 Å². The predicted octanol–water partition coefficient (Wildman–Crippen LogP) is -1.08. The molecule has 1 unspecified atom stereocenters. The van der Waals surface area contributed by atoms with Crippen LogP contribution in [0.25, 0.3) is 0 Å². The third-order valence-corrected chi connectivity index (χ3v) is 7.63. The van der Waals surface area contributed by atoms with E-state index in [1.165, 1.54) is 33.1 Å². The molecular formula is C16H18N10O5S3. The van der Waals surface area contributed by atoms with E-state index in [1.807, 2.05) is 0 Å². The van der Waals surface area contributed by atoms with Crippen LogP contribution in [0.2, 0.25) is 0 Å². The Hall–Kier alpha value is -3.25. The lowest BCUT2D eigenvalue weighted by atomic mass is 10.0. The van der Waals surface area contributed by atoms with Crippen molar-refractivity contribution in [2.45, 2.75) is 23.5 Å². The lowest BCUT2D eigenvalue weighted by molar-refractivity contribution is -0.150. The van der Waals surface area contributed by atoms with Gasteiger partial charge >= 0.3 is 5.97 Å². The summed E-state index contributed by atoms with van der Waals surface area (Å²) in [5.74, 6) is -1.90. The van der Waals surface area contributed by atoms with Gasteiger partial charge in [0.15, 0.2) is 5.13 Å². The van der Waals surface area contributed by atoms with Gasteiger partial charge < -0.3 is 21.0 Å². The van der Waals surface area contributed by atoms with Gasteiger partial charge in [0.2, 0.25) is 16.7 Å². The minimum atomic E-state index is -1.23. The van der Waals surface area contributed by atoms with E-state index in [-0.39, 0.29) is 29.0 Å². The molecule has 0 bridgehead atoms. The van der Waals surface area contributed by atoms with Crippen LogP contribution >= 0.6 is 35.1 Å². The number of tetrazole rings is 1. The zero-order valence-electron chi connectivity index (χ0n) is 17.7. The Bertz CT molecular complexity index is 1190. The molecule has 4 heterocycles. The van der Waals surface area contributed by atoms with Gasteiger partial charge in [0.05, 0.1) is 0 Å². The number of anilines is 1. The first-order valence-electron chi connectivity index (χ1n) is 9.67. The highest BCUT2D eigenvalue weighted by atomic mass is 32.2. The first kappa shape index (κ1) is 23.9. The zero-order chi connectivity index (χ0) is 24.4. The van der Waals surface area contributed by atoms with E-state index in [0.717, 1.165) is 11.5 Å². The number of carboxylic acids is 1. The second-order valence-corrected chi connectivity index (χ2v) is 9.64. The number of carbonyl (C=O) groups is 3. The summed E-state index contributed by atoms with van der Waals surface area (Å²) in [6, 6.07) is -0.952. The van der Waals surface area contributed by atoms with Gasteiger partial charge in [-0.1, -0.05) is 16.9 Å². The Kier molecular flexibility index (Phi) is 6.98. The molecule has 0 radical (unpaired) electrons. The highest BCUT2D eigenvalue weighted by Crippen LogP contribution is 2.41. The molecule has 0 aliphatic carbocycles. The van der Waals surface area contributed by atoms with Gasteiger partial charge in [-0.15, -0.1) is 16.9 Å². The van der Waals surface area contributed by atoms with Gasteiger partial charge in [0.1, 0.15) is 23.7 Å². The van der Waals surface area contributed by atoms with Gasteiger partial charge in [-0.25, -0.2) is 9.48 Å². The molecule has 2 atom stereocenters. The molecule has 2 aromatic rings. The maximum Gasteiger partial charge on any atom is 0.352 e. The molecule has 0 saturated carbocycles. The first-order chi connectivity index (χ1) is 16.3. The number of amides is 2. The number of fused-ring (bicyclic) bond motifs is 1. The molecule has 4 N–H and O–H groups in total. The van der Waals surface area contributed by atoms with E-state index in [4.69, 9.17) is 10.6 Å². The number of nitrogens with one attached hydrogen (secondary N) is 1. The fourth-order valence-corrected chi connectivity index (χ4v) is 5.91. The van der Waals surface area contributed by atoms with Crippen LogP contribution in [0, 0.1) is 0 Å². The smallest absolute Gasteiger partial charge is 0.352 e. The zero-order valence-corrected chi connectivity index (χ0v) is 20.2. The molecule has 2 aliphatic rings. The van der Waals surface area contributed by atoms with Crippen molar-refractivity contribution in [2.75, 3.05) is 23.8 Å². The largest absolute Gasteiger partial charge is 0.477 e. The van der Waals surface area contributed by atoms with Crippen LogP contribution in [0.3, 0.4) is 0 Å². The molecular weight excluding hydrogens is 508 g/mol. The maximum absolute atomic E-state index is 12.9. The topological polar surface area (TPSA) is 204 Å². The summed E-state index contributed by atoms with van der Waals surface area (Å²) in [5, 5.41) is 27.4. The van der Waals surface area contributed by atoms with Crippen LogP contribution in [0.4, 0.5) is 5.13 Å². The van der Waals surface area contributed by atoms with Crippen LogP contribution in [0.1, 0.15) is 12.7 Å². The number of carboxylic acid groups (broad SMARTS) is 1. The number of rotatable bonds is 9. The summed E-state index contributed by atoms with van der Waals surface area (Å²) in [4.78, 5) is 47.9. The van der Waals surface area contributed by atoms with Gasteiger partial charge in [0.25, 0.3) is 11.8 Å². The van der Waals surface area contributed by atoms with E-state index in [9.17, 15) is 19.5 Å². The number of hydrogen-bond donors (Lipinski definition) is 3. The van der Waals surface area contributed by atoms with Crippen LogP contribution < -0.4 is 11.1 Å². The average Bonchev–Trinajstić information content (AvgIpc) is 3.43. The van der Waals surface area contributed by atoms with E-state index < -0.39 is 29.2 Å². The monoisotopic (exact) mass is 526 g/mol. The van der Waals surface area contributed by atoms with Crippen molar-refractivity contribution in [3.8, 4) is 0 Å². The molecule has 2 amide bonds. The van der Waals surface area contributed by atoms with Crippen LogP contribution in [0.15, 0.2) is 21.6 Å². The maximum atomic E-state index is 12.9. The highest BCUT2D eigenvalue weighted by molar-refractivity contribution is 8.01. The van der Waals surface area contributed by atoms with Crippen molar-refractivity contribution in [3.05, 3.63) is 17.1 Å². The van der Waals surface area contributed by atoms with Gasteiger partial charge in [0, 0.05) is 30.1 Å². The summed E-state index contributed by atoms with van der Waals surface area (Å²) in [6.07, 6.45) is 0. The SMILES string of the molecule is CCON=C(C(=O)NC1C(=O)N2C(C(=O)O)=C(CSc3nnnn3C)CS[C@@H]12)c1nsc(N)n1. The molecule has 34 heavy (non-hydrogen) atoms. The summed E-state index contributed by atoms with van der Waals surface area (Å²) in [6.45, 7) is 1.88. The fraction of sp³-hybridized carbons (Fsp3) is 0.438. The van der Waals surface area contributed by atoms with Crippen LogP contribution in [0.5, 0.6) is 0 Å². The van der Waals surface area contributed by atoms with Gasteiger partial charge in [-0.05, 0) is 22.9 Å². The van der Waals surface area contributed by atoms with Crippen molar-refractivity contribution in [1.29, 1.82) is 0 Å². The lowest BCUT2D eigenvalue weighted by Gasteiger charge is -2.49. The number of aryl methyl sites for hydroxylation is 1. The minimum Gasteiger partial charge on any atom is -0.477 e. The summed E-state index contributed by atoms with van der Waals surface area (Å²) in [7, 11) is 1.67. The number of aliphatic carboxylic acids is 1. The molecule has 180 valence electrons. The fourth-order valence-electron chi connectivity index (χ4n) is 3.14. The Labute approximate surface area is 204 Å².